The van der Waals surface area contributed by atoms with E-state index in [-0.39, 0.29) is 12.7 Å². The van der Waals surface area contributed by atoms with Gasteiger partial charge >= 0.3 is 5.97 Å². The van der Waals surface area contributed by atoms with Gasteiger partial charge in [-0.25, -0.2) is 4.79 Å². The number of benzene rings is 2. The Balaban J connectivity index is 1.22. The molecule has 0 saturated carbocycles. The second-order valence-corrected chi connectivity index (χ2v) is 9.38. The average molecular weight is 464 g/mol. The number of anilines is 1. The lowest BCUT2D eigenvalue weighted by Crippen LogP contribution is -2.38. The molecule has 168 valence electrons. The van der Waals surface area contributed by atoms with E-state index in [1.165, 1.54) is 4.88 Å². The molecule has 0 radical (unpaired) electrons. The molecule has 33 heavy (non-hydrogen) atoms. The van der Waals surface area contributed by atoms with Gasteiger partial charge in [0, 0.05) is 18.0 Å². The number of likely N-dealkylation sites (N-methyl/N-ethyl adjacent to an activating group) is 1. The van der Waals surface area contributed by atoms with Crippen molar-refractivity contribution in [1.82, 2.24) is 10.2 Å². The summed E-state index contributed by atoms with van der Waals surface area (Å²) in [5.41, 5.74) is 3.09. The summed E-state index contributed by atoms with van der Waals surface area (Å²) in [5.74, 6) is 0.952. The lowest BCUT2D eigenvalue weighted by atomic mass is 10.0. The van der Waals surface area contributed by atoms with Crippen LogP contribution in [0, 0.1) is 0 Å². The molecule has 0 fully saturated rings. The van der Waals surface area contributed by atoms with Crippen molar-refractivity contribution in [1.29, 1.82) is 0 Å². The Labute approximate surface area is 194 Å². The molecule has 0 aliphatic carbocycles. The highest BCUT2D eigenvalue weighted by molar-refractivity contribution is 7.16. The molecule has 0 saturated heterocycles. The van der Waals surface area contributed by atoms with Gasteiger partial charge in [0.1, 0.15) is 16.9 Å². The van der Waals surface area contributed by atoms with E-state index in [9.17, 15) is 9.59 Å². The zero-order valence-corrected chi connectivity index (χ0v) is 18.7. The number of nitrogens with one attached hydrogen (secondary N) is 2. The number of esters is 1. The van der Waals surface area contributed by atoms with Crippen LogP contribution in [-0.4, -0.2) is 37.2 Å². The number of thiophene rings is 1. The summed E-state index contributed by atoms with van der Waals surface area (Å²) in [5, 5.41) is 7.40. The molecular formula is C24H21N3O5S. The van der Waals surface area contributed by atoms with E-state index in [2.05, 4.69) is 22.6 Å². The van der Waals surface area contributed by atoms with Gasteiger partial charge in [0.25, 0.3) is 5.91 Å². The maximum Gasteiger partial charge on any atom is 0.343 e. The van der Waals surface area contributed by atoms with Crippen molar-refractivity contribution in [3.63, 3.8) is 0 Å². The van der Waals surface area contributed by atoms with Crippen LogP contribution < -0.4 is 24.8 Å². The van der Waals surface area contributed by atoms with E-state index < -0.39 is 12.1 Å². The second kappa shape index (κ2) is 7.79. The first kappa shape index (κ1) is 20.1. The average Bonchev–Trinajstić information content (AvgIpc) is 3.42. The number of amides is 1. The third-order valence-corrected chi connectivity index (χ3v) is 7.18. The van der Waals surface area contributed by atoms with Crippen LogP contribution in [-0.2, 0) is 13.0 Å². The Morgan fingerprint density at radius 1 is 1.15 bits per heavy atom. The van der Waals surface area contributed by atoms with Crippen LogP contribution in [0.4, 0.5) is 5.00 Å². The predicted molar refractivity (Wildman–Crippen MR) is 122 cm³/mol. The fourth-order valence-corrected chi connectivity index (χ4v) is 5.71. The summed E-state index contributed by atoms with van der Waals surface area (Å²) in [6.45, 7) is 1.95. The number of nitrogens with zero attached hydrogens (tertiary/aromatic N) is 1. The molecular weight excluding hydrogens is 442 g/mol. The number of ether oxygens (including phenoxy) is 3. The Morgan fingerprint density at radius 2 is 2.03 bits per heavy atom. The molecule has 0 bridgehead atoms. The van der Waals surface area contributed by atoms with Crippen LogP contribution >= 0.6 is 11.3 Å². The maximum atomic E-state index is 13.0. The number of carbonyl (C=O) groups is 2. The monoisotopic (exact) mass is 463 g/mol. The minimum absolute atomic E-state index is 0.0708. The zero-order chi connectivity index (χ0) is 22.5. The first-order chi connectivity index (χ1) is 16.0. The molecule has 2 aromatic carbocycles. The van der Waals surface area contributed by atoms with E-state index in [1.807, 2.05) is 6.07 Å². The second-order valence-electron chi connectivity index (χ2n) is 8.28. The van der Waals surface area contributed by atoms with Crippen LogP contribution in [0.1, 0.15) is 42.9 Å². The van der Waals surface area contributed by atoms with Crippen molar-refractivity contribution in [3.8, 4) is 17.2 Å². The fourth-order valence-electron chi connectivity index (χ4n) is 4.36. The van der Waals surface area contributed by atoms with Crippen LogP contribution in [0.5, 0.6) is 17.2 Å². The van der Waals surface area contributed by atoms with Gasteiger partial charge < -0.3 is 29.7 Å². The first-order valence-corrected chi connectivity index (χ1v) is 11.5. The Bertz CT molecular complexity index is 1290. The largest absolute Gasteiger partial charge is 0.454 e. The molecule has 6 rings (SSSR count). The quantitative estimate of drug-likeness (QED) is 0.454. The summed E-state index contributed by atoms with van der Waals surface area (Å²) in [4.78, 5) is 29.1. The topological polar surface area (TPSA) is 89.1 Å². The molecule has 3 aliphatic rings. The van der Waals surface area contributed by atoms with E-state index in [0.717, 1.165) is 41.2 Å². The third kappa shape index (κ3) is 3.59. The van der Waals surface area contributed by atoms with Crippen molar-refractivity contribution < 1.29 is 23.8 Å². The highest BCUT2D eigenvalue weighted by Gasteiger charge is 2.33. The number of carbonyl (C=O) groups excluding carboxylic acids is 2. The van der Waals surface area contributed by atoms with Crippen molar-refractivity contribution >= 4 is 28.2 Å². The lowest BCUT2D eigenvalue weighted by Gasteiger charge is -2.27. The lowest BCUT2D eigenvalue weighted by molar-refractivity contribution is 0.0733. The standard InChI is InChI=1S/C24H21N3O5S/c1-27-8-7-16-19(11-27)33-23-20(16)22(28)25-21(26-23)13-3-2-4-15(9-13)32-24(29)14-5-6-17-18(10-14)31-12-30-17/h2-6,9-10,21,26H,7-8,11-12H2,1H3,(H,25,28)/t21-/m1/s1. The molecule has 1 aromatic heterocycles. The SMILES string of the molecule is CN1CCc2c(sc3c2C(=O)N[C@@H](c2cccc(OC(=O)c4ccc5c(c4)OCO5)c2)N3)C1. The normalized spacial score (nSPS) is 18.7. The summed E-state index contributed by atoms with van der Waals surface area (Å²) in [6, 6.07) is 12.1. The van der Waals surface area contributed by atoms with Gasteiger partial charge in [0.15, 0.2) is 11.5 Å². The fraction of sp³-hybridized carbons (Fsp3) is 0.250. The molecule has 0 spiro atoms. The van der Waals surface area contributed by atoms with E-state index >= 15 is 0 Å². The molecule has 9 heteroatoms. The highest BCUT2D eigenvalue weighted by atomic mass is 32.1. The van der Waals surface area contributed by atoms with Gasteiger partial charge in [0.05, 0.1) is 11.1 Å². The molecule has 3 aliphatic heterocycles. The van der Waals surface area contributed by atoms with E-state index in [0.29, 0.717) is 22.8 Å². The van der Waals surface area contributed by atoms with Crippen molar-refractivity contribution in [2.24, 2.45) is 0 Å². The molecule has 4 heterocycles. The van der Waals surface area contributed by atoms with Gasteiger partial charge in [-0.2, -0.15) is 0 Å². The summed E-state index contributed by atoms with van der Waals surface area (Å²) < 4.78 is 16.2. The summed E-state index contributed by atoms with van der Waals surface area (Å²) >= 11 is 1.64. The van der Waals surface area contributed by atoms with Crippen LogP contribution in [0.25, 0.3) is 0 Å². The summed E-state index contributed by atoms with van der Waals surface area (Å²) in [7, 11) is 2.09. The minimum atomic E-state index is -0.497. The van der Waals surface area contributed by atoms with Crippen LogP contribution in [0.2, 0.25) is 0 Å². The predicted octanol–water partition coefficient (Wildman–Crippen LogP) is 3.54. The van der Waals surface area contributed by atoms with Crippen LogP contribution in [0.15, 0.2) is 42.5 Å². The van der Waals surface area contributed by atoms with Gasteiger partial charge in [0.2, 0.25) is 6.79 Å². The maximum absolute atomic E-state index is 13.0. The molecule has 2 N–H and O–H groups in total. The van der Waals surface area contributed by atoms with E-state index in [4.69, 9.17) is 14.2 Å². The number of hydrogen-bond donors (Lipinski definition) is 2. The number of fused-ring (bicyclic) bond motifs is 4. The molecule has 0 unspecified atom stereocenters. The molecule has 8 nitrogen and oxygen atoms in total. The highest BCUT2D eigenvalue weighted by Crippen LogP contribution is 2.41. The van der Waals surface area contributed by atoms with Crippen molar-refractivity contribution in [2.45, 2.75) is 19.1 Å². The van der Waals surface area contributed by atoms with E-state index in [1.54, 1.807) is 47.7 Å². The molecule has 3 aromatic rings. The third-order valence-electron chi connectivity index (χ3n) is 6.04. The Morgan fingerprint density at radius 3 is 2.94 bits per heavy atom. The molecule has 1 amide bonds. The number of rotatable bonds is 3. The van der Waals surface area contributed by atoms with Crippen LogP contribution in [0.3, 0.4) is 0 Å². The summed E-state index contributed by atoms with van der Waals surface area (Å²) in [6.07, 6.45) is 0.468. The van der Waals surface area contributed by atoms with Gasteiger partial charge in [-0.05, 0) is 54.9 Å². The minimum Gasteiger partial charge on any atom is -0.454 e. The van der Waals surface area contributed by atoms with Crippen molar-refractivity contribution in [2.75, 3.05) is 25.7 Å². The Kier molecular flexibility index (Phi) is 4.74. The van der Waals surface area contributed by atoms with Crippen molar-refractivity contribution in [3.05, 3.63) is 69.6 Å². The van der Waals surface area contributed by atoms with Gasteiger partial charge in [-0.1, -0.05) is 12.1 Å². The number of hydrogen-bond acceptors (Lipinski definition) is 8. The Hall–Kier alpha value is -3.56. The smallest absolute Gasteiger partial charge is 0.343 e. The van der Waals surface area contributed by atoms with Gasteiger partial charge in [-0.15, -0.1) is 11.3 Å². The van der Waals surface area contributed by atoms with Gasteiger partial charge in [-0.3, -0.25) is 4.79 Å². The molecule has 1 atom stereocenters. The first-order valence-electron chi connectivity index (χ1n) is 10.7. The zero-order valence-electron chi connectivity index (χ0n) is 17.8.